The Hall–Kier alpha value is -1.63. The molecule has 0 unspecified atom stereocenters. The predicted octanol–water partition coefficient (Wildman–Crippen LogP) is 0.990. The first-order valence-corrected chi connectivity index (χ1v) is 6.57. The minimum absolute atomic E-state index is 0.0476. The fraction of sp³-hybridized carbons (Fsp3) is 0.400. The van der Waals surface area contributed by atoms with E-state index in [0.29, 0.717) is 12.1 Å². The number of allylic oxidation sites excluding steroid dienone is 2. The highest BCUT2D eigenvalue weighted by Gasteiger charge is 2.18. The van der Waals surface area contributed by atoms with Gasteiger partial charge in [-0.1, -0.05) is 6.08 Å². The van der Waals surface area contributed by atoms with Crippen LogP contribution in [-0.4, -0.2) is 25.3 Å². The fourth-order valence-corrected chi connectivity index (χ4v) is 2.38. The minimum atomic E-state index is -3.69. The number of aliphatic carboxylic acids is 1. The quantitative estimate of drug-likeness (QED) is 0.547. The molecule has 0 spiro atoms. The number of sulfonamides is 1. The monoisotopic (exact) mass is 258 g/mol. The molecular formula is C10H14N2O4S. The van der Waals surface area contributed by atoms with Gasteiger partial charge in [-0.15, -0.1) is 11.0 Å². The zero-order valence-electron chi connectivity index (χ0n) is 9.22. The molecule has 0 aromatic rings. The van der Waals surface area contributed by atoms with Gasteiger partial charge >= 0.3 is 5.97 Å². The van der Waals surface area contributed by atoms with Crippen LogP contribution in [0.3, 0.4) is 0 Å². The van der Waals surface area contributed by atoms with Gasteiger partial charge < -0.3 is 10.4 Å². The van der Waals surface area contributed by atoms with Crippen LogP contribution in [0.5, 0.6) is 0 Å². The third-order valence-corrected chi connectivity index (χ3v) is 3.06. The first kappa shape index (κ1) is 13.4. The van der Waals surface area contributed by atoms with E-state index < -0.39 is 22.4 Å². The first-order valence-electron chi connectivity index (χ1n) is 5.07. The van der Waals surface area contributed by atoms with Gasteiger partial charge in [0.05, 0.1) is 5.41 Å². The molecule has 0 fully saturated rings. The summed E-state index contributed by atoms with van der Waals surface area (Å²) in [5, 5.41) is 12.3. The fourth-order valence-electron chi connectivity index (χ4n) is 1.38. The van der Waals surface area contributed by atoms with Gasteiger partial charge in [-0.3, -0.25) is 4.79 Å². The van der Waals surface area contributed by atoms with Gasteiger partial charge in [0.2, 0.25) is 0 Å². The van der Waals surface area contributed by atoms with Crippen molar-refractivity contribution in [1.29, 1.82) is 0 Å². The van der Waals surface area contributed by atoms with Crippen LogP contribution in [0.15, 0.2) is 28.2 Å². The van der Waals surface area contributed by atoms with Gasteiger partial charge in [-0.25, -0.2) is 0 Å². The molecule has 0 radical (unpaired) electrons. The highest BCUT2D eigenvalue weighted by Crippen LogP contribution is 2.13. The molecule has 6 nitrogen and oxygen atoms in total. The molecule has 0 saturated heterocycles. The number of carboxylic acids is 1. The van der Waals surface area contributed by atoms with Crippen LogP contribution in [-0.2, 0) is 14.8 Å². The Balaban J connectivity index is 2.73. The minimum Gasteiger partial charge on any atom is -0.481 e. The lowest BCUT2D eigenvalue weighted by Crippen LogP contribution is -2.30. The van der Waals surface area contributed by atoms with Crippen molar-refractivity contribution in [2.24, 2.45) is 4.40 Å². The predicted molar refractivity (Wildman–Crippen MR) is 63.9 cm³/mol. The molecule has 17 heavy (non-hydrogen) atoms. The van der Waals surface area contributed by atoms with Crippen molar-refractivity contribution in [2.45, 2.75) is 25.7 Å². The van der Waals surface area contributed by atoms with Crippen LogP contribution in [0.2, 0.25) is 0 Å². The van der Waals surface area contributed by atoms with Crippen molar-refractivity contribution >= 4 is 21.8 Å². The van der Waals surface area contributed by atoms with Crippen LogP contribution in [0.25, 0.3) is 0 Å². The zero-order valence-corrected chi connectivity index (χ0v) is 10.0. The van der Waals surface area contributed by atoms with E-state index in [-0.39, 0.29) is 5.84 Å². The van der Waals surface area contributed by atoms with Crippen molar-refractivity contribution < 1.29 is 18.3 Å². The van der Waals surface area contributed by atoms with Crippen LogP contribution in [0.1, 0.15) is 25.7 Å². The topological polar surface area (TPSA) is 95.8 Å². The van der Waals surface area contributed by atoms with Gasteiger partial charge in [0.1, 0.15) is 12.3 Å². The molecule has 0 saturated carbocycles. The third-order valence-electron chi connectivity index (χ3n) is 2.01. The van der Waals surface area contributed by atoms with Crippen LogP contribution >= 0.6 is 0 Å². The third kappa shape index (κ3) is 4.81. The number of nitrogens with zero attached hydrogens (tertiary/aromatic N) is 1. The lowest BCUT2D eigenvalue weighted by Gasteiger charge is -2.15. The Morgan fingerprint density at radius 1 is 1.59 bits per heavy atom. The smallest absolute Gasteiger partial charge is 0.311 e. The molecule has 0 aromatic carbocycles. The molecule has 0 aliphatic carbocycles. The molecule has 94 valence electrons. The molecule has 0 amide bonds. The highest BCUT2D eigenvalue weighted by molar-refractivity contribution is 7.93. The lowest BCUT2D eigenvalue weighted by atomic mass is 10.2. The lowest BCUT2D eigenvalue weighted by molar-refractivity contribution is -0.135. The Morgan fingerprint density at radius 2 is 2.29 bits per heavy atom. The number of rotatable bonds is 6. The summed E-state index contributed by atoms with van der Waals surface area (Å²) < 4.78 is 26.1. The van der Waals surface area contributed by atoms with Gasteiger partial charge in [-0.2, -0.15) is 8.42 Å². The van der Waals surface area contributed by atoms with Crippen molar-refractivity contribution in [1.82, 2.24) is 5.32 Å². The van der Waals surface area contributed by atoms with E-state index in [2.05, 4.69) is 16.3 Å². The maximum atomic E-state index is 11.4. The highest BCUT2D eigenvalue weighted by atomic mass is 32.2. The summed E-state index contributed by atoms with van der Waals surface area (Å²) in [6, 6.07) is 0. The second kappa shape index (κ2) is 5.62. The molecule has 1 aliphatic heterocycles. The summed E-state index contributed by atoms with van der Waals surface area (Å²) in [5.41, 5.74) is 0.470. The molecule has 0 atom stereocenters. The van der Waals surface area contributed by atoms with Crippen LogP contribution in [0, 0.1) is 0 Å². The van der Waals surface area contributed by atoms with Gasteiger partial charge in [0.15, 0.2) is 0 Å². The van der Waals surface area contributed by atoms with Crippen molar-refractivity contribution in [3.05, 3.63) is 23.8 Å². The average Bonchev–Trinajstić information content (AvgIpc) is 2.14. The summed E-state index contributed by atoms with van der Waals surface area (Å²) in [6.45, 7) is 3.57. The maximum Gasteiger partial charge on any atom is 0.311 e. The second-order valence-electron chi connectivity index (χ2n) is 3.57. The summed E-state index contributed by atoms with van der Waals surface area (Å²) in [4.78, 5) is 10.5. The van der Waals surface area contributed by atoms with E-state index in [1.807, 2.05) is 0 Å². The van der Waals surface area contributed by atoms with Crippen LogP contribution in [0.4, 0.5) is 0 Å². The molecule has 0 aromatic heterocycles. The van der Waals surface area contributed by atoms with Crippen molar-refractivity contribution in [3.63, 3.8) is 0 Å². The summed E-state index contributed by atoms with van der Waals surface area (Å²) in [6.07, 6.45) is 3.34. The molecule has 0 bridgehead atoms. The normalized spacial score (nSPS) is 17.6. The number of carbonyl (C=O) groups is 1. The maximum absolute atomic E-state index is 11.4. The van der Waals surface area contributed by atoms with E-state index in [0.717, 1.165) is 18.2 Å². The summed E-state index contributed by atoms with van der Waals surface area (Å²) in [5.74, 6) is -1.17. The largest absolute Gasteiger partial charge is 0.481 e. The number of hydrogen-bond acceptors (Lipinski definition) is 4. The number of amidine groups is 1. The van der Waals surface area contributed by atoms with Gasteiger partial charge in [0.25, 0.3) is 10.0 Å². The summed E-state index contributed by atoms with van der Waals surface area (Å²) >= 11 is 0. The number of nitrogens with one attached hydrogen (secondary N) is 1. The number of unbranched alkanes of at least 4 members (excludes halogenated alkanes) is 1. The molecule has 2 N–H and O–H groups in total. The van der Waals surface area contributed by atoms with E-state index in [1.54, 1.807) is 6.08 Å². The number of hydrogen-bond donors (Lipinski definition) is 2. The molecular weight excluding hydrogens is 244 g/mol. The molecule has 1 aliphatic rings. The van der Waals surface area contributed by atoms with Crippen LogP contribution < -0.4 is 5.32 Å². The Bertz CT molecular complexity index is 477. The van der Waals surface area contributed by atoms with Gasteiger partial charge in [0, 0.05) is 5.70 Å². The van der Waals surface area contributed by atoms with E-state index in [9.17, 15) is 13.2 Å². The summed E-state index contributed by atoms with van der Waals surface area (Å²) in [7, 11) is -3.69. The molecule has 7 heteroatoms. The standard InChI is InChI=1S/C10H14N2O4S/c1-2-3-4-5-8-7-17(15,16)12-9(11-8)6-10(13)14/h2,7H,1,3-6H2,(H,11,12)(H,13,14). The van der Waals surface area contributed by atoms with Gasteiger partial charge in [-0.05, 0) is 19.3 Å². The molecule has 1 rings (SSSR count). The Morgan fingerprint density at radius 3 is 2.88 bits per heavy atom. The zero-order chi connectivity index (χ0) is 12.9. The van der Waals surface area contributed by atoms with E-state index in [1.165, 1.54) is 0 Å². The Labute approximate surface area is 99.8 Å². The van der Waals surface area contributed by atoms with E-state index in [4.69, 9.17) is 5.11 Å². The van der Waals surface area contributed by atoms with E-state index >= 15 is 0 Å². The first-order chi connectivity index (χ1) is 7.93. The average molecular weight is 258 g/mol. The second-order valence-corrected chi connectivity index (χ2v) is 5.02. The molecule has 1 heterocycles. The van der Waals surface area contributed by atoms with Crippen molar-refractivity contribution in [3.8, 4) is 0 Å². The Kier molecular flexibility index (Phi) is 4.45. The SMILES string of the molecule is C=CCCCC1=CS(=O)(=O)N=C(CC(=O)O)N1. The van der Waals surface area contributed by atoms with Crippen molar-refractivity contribution in [2.75, 3.05) is 0 Å². The number of carboxylic acid groups (broad SMARTS) is 1.